The van der Waals surface area contributed by atoms with Crippen molar-refractivity contribution < 1.29 is 9.59 Å². The number of carbonyl (C=O) groups is 2. The van der Waals surface area contributed by atoms with Crippen LogP contribution in [0.4, 0.5) is 0 Å². The third kappa shape index (κ3) is 4.85. The van der Waals surface area contributed by atoms with Gasteiger partial charge in [-0.05, 0) is 43.9 Å². The Bertz CT molecular complexity index is 695. The van der Waals surface area contributed by atoms with Gasteiger partial charge in [0.25, 0.3) is 11.8 Å². The van der Waals surface area contributed by atoms with E-state index in [-0.39, 0.29) is 18.4 Å². The molecule has 6 nitrogen and oxygen atoms in total. The summed E-state index contributed by atoms with van der Waals surface area (Å²) in [6, 6.07) is 9.19. The van der Waals surface area contributed by atoms with Crippen molar-refractivity contribution in [1.29, 1.82) is 0 Å². The van der Waals surface area contributed by atoms with Crippen LogP contribution in [0.1, 0.15) is 27.3 Å². The molecule has 0 saturated carbocycles. The highest BCUT2D eigenvalue weighted by Crippen LogP contribution is 2.10. The Morgan fingerprint density at radius 1 is 1.17 bits per heavy atom. The fourth-order valence-electron chi connectivity index (χ4n) is 2.13. The summed E-state index contributed by atoms with van der Waals surface area (Å²) in [5.74, 6) is 0.229. The number of nitrogens with one attached hydrogen (secondary N) is 2. The molecule has 0 fully saturated rings. The molecule has 2 N–H and O–H groups in total. The Kier molecular flexibility index (Phi) is 5.81. The molecule has 0 radical (unpaired) electrons. The van der Waals surface area contributed by atoms with Crippen LogP contribution in [0.15, 0.2) is 30.3 Å². The molecule has 0 unspecified atom stereocenters. The molecule has 1 aromatic carbocycles. The summed E-state index contributed by atoms with van der Waals surface area (Å²) >= 11 is 1.72. The fourth-order valence-corrected chi connectivity index (χ4v) is 2.65. The molecule has 0 bridgehead atoms. The molecule has 2 amide bonds. The van der Waals surface area contributed by atoms with Crippen molar-refractivity contribution in [3.05, 3.63) is 52.8 Å². The molecule has 2 aromatic rings. The number of carbonyl (C=O) groups excluding carboxylic acids is 2. The Balaban J connectivity index is 1.86. The molecule has 1 aromatic heterocycles. The van der Waals surface area contributed by atoms with E-state index in [0.717, 1.165) is 22.7 Å². The van der Waals surface area contributed by atoms with Gasteiger partial charge in [0.05, 0.1) is 5.69 Å². The first-order valence-electron chi connectivity index (χ1n) is 7.17. The molecule has 0 aliphatic heterocycles. The average Bonchev–Trinajstić information content (AvgIpc) is 2.83. The molecule has 7 heteroatoms. The second kappa shape index (κ2) is 7.82. The van der Waals surface area contributed by atoms with Crippen LogP contribution in [0.25, 0.3) is 0 Å². The number of benzene rings is 1. The number of thioether (sulfide) groups is 1. The lowest BCUT2D eigenvalue weighted by atomic mass is 10.1. The van der Waals surface area contributed by atoms with E-state index in [1.807, 2.05) is 38.3 Å². The summed E-state index contributed by atoms with van der Waals surface area (Å²) < 4.78 is 1.59. The van der Waals surface area contributed by atoms with Crippen molar-refractivity contribution in [1.82, 2.24) is 20.6 Å². The van der Waals surface area contributed by atoms with Crippen molar-refractivity contribution in [2.24, 2.45) is 0 Å². The third-order valence-corrected chi connectivity index (χ3v) is 3.86. The molecule has 2 rings (SSSR count). The van der Waals surface area contributed by atoms with Crippen LogP contribution in [0, 0.1) is 13.8 Å². The highest BCUT2D eigenvalue weighted by molar-refractivity contribution is 7.97. The lowest BCUT2D eigenvalue weighted by Crippen LogP contribution is -2.43. The molecule has 0 spiro atoms. The summed E-state index contributed by atoms with van der Waals surface area (Å²) in [6.45, 7) is 3.80. The maximum atomic E-state index is 12.0. The zero-order valence-corrected chi connectivity index (χ0v) is 14.2. The van der Waals surface area contributed by atoms with E-state index in [0.29, 0.717) is 5.56 Å². The number of amides is 2. The maximum Gasteiger partial charge on any atom is 0.269 e. The Morgan fingerprint density at radius 2 is 1.87 bits per heavy atom. The van der Waals surface area contributed by atoms with Crippen molar-refractivity contribution in [3.8, 4) is 0 Å². The number of hydrazine groups is 1. The van der Waals surface area contributed by atoms with Crippen LogP contribution in [-0.2, 0) is 17.1 Å². The Labute approximate surface area is 139 Å². The van der Waals surface area contributed by atoms with Gasteiger partial charge in [0, 0.05) is 17.0 Å². The van der Waals surface area contributed by atoms with Crippen molar-refractivity contribution >= 4 is 23.6 Å². The van der Waals surface area contributed by atoms with Gasteiger partial charge in [0.1, 0.15) is 6.54 Å². The highest BCUT2D eigenvalue weighted by Gasteiger charge is 2.09. The van der Waals surface area contributed by atoms with Gasteiger partial charge in [0.15, 0.2) is 0 Å². The molecular formula is C16H20N4O2S. The zero-order valence-electron chi connectivity index (χ0n) is 13.4. The van der Waals surface area contributed by atoms with Crippen LogP contribution < -0.4 is 10.9 Å². The lowest BCUT2D eigenvalue weighted by Gasteiger charge is -2.09. The quantitative estimate of drug-likeness (QED) is 0.819. The van der Waals surface area contributed by atoms with Crippen LogP contribution in [0.3, 0.4) is 0 Å². The average molecular weight is 332 g/mol. The molecule has 0 saturated heterocycles. The van der Waals surface area contributed by atoms with Gasteiger partial charge >= 0.3 is 0 Å². The summed E-state index contributed by atoms with van der Waals surface area (Å²) in [5, 5.41) is 4.20. The minimum Gasteiger partial charge on any atom is -0.271 e. The van der Waals surface area contributed by atoms with Gasteiger partial charge in [-0.2, -0.15) is 16.9 Å². The van der Waals surface area contributed by atoms with Crippen LogP contribution in [-0.4, -0.2) is 27.9 Å². The smallest absolute Gasteiger partial charge is 0.269 e. The molecule has 0 aliphatic carbocycles. The maximum absolute atomic E-state index is 12.0. The second-order valence-electron chi connectivity index (χ2n) is 5.22. The summed E-state index contributed by atoms with van der Waals surface area (Å²) in [5.41, 5.74) is 8.22. The fraction of sp³-hybridized carbons (Fsp3) is 0.312. The molecule has 122 valence electrons. The predicted octanol–water partition coefficient (Wildman–Crippen LogP) is 1.82. The molecule has 0 aliphatic rings. The van der Waals surface area contributed by atoms with E-state index in [1.54, 1.807) is 28.6 Å². The summed E-state index contributed by atoms with van der Waals surface area (Å²) in [7, 11) is 0. The third-order valence-electron chi connectivity index (χ3n) is 3.24. The van der Waals surface area contributed by atoms with Crippen LogP contribution in [0.5, 0.6) is 0 Å². The van der Waals surface area contributed by atoms with E-state index < -0.39 is 0 Å². The predicted molar refractivity (Wildman–Crippen MR) is 91.0 cm³/mol. The molecule has 1 heterocycles. The van der Waals surface area contributed by atoms with Gasteiger partial charge in [-0.1, -0.05) is 12.1 Å². The van der Waals surface area contributed by atoms with E-state index >= 15 is 0 Å². The lowest BCUT2D eigenvalue weighted by molar-refractivity contribution is -0.122. The first-order chi connectivity index (χ1) is 11.0. The van der Waals surface area contributed by atoms with E-state index in [1.165, 1.54) is 0 Å². The first-order valence-corrected chi connectivity index (χ1v) is 8.57. The largest absolute Gasteiger partial charge is 0.271 e. The van der Waals surface area contributed by atoms with Crippen molar-refractivity contribution in [2.75, 3.05) is 6.26 Å². The minimum absolute atomic E-state index is 0.0621. The van der Waals surface area contributed by atoms with E-state index in [9.17, 15) is 9.59 Å². The molecule has 23 heavy (non-hydrogen) atoms. The van der Waals surface area contributed by atoms with Gasteiger partial charge in [-0.15, -0.1) is 0 Å². The molecular weight excluding hydrogens is 312 g/mol. The summed E-state index contributed by atoms with van der Waals surface area (Å²) in [6.07, 6.45) is 2.03. The number of nitrogens with zero attached hydrogens (tertiary/aromatic N) is 2. The van der Waals surface area contributed by atoms with Gasteiger partial charge in [0.2, 0.25) is 0 Å². The Hall–Kier alpha value is -2.28. The Morgan fingerprint density at radius 3 is 2.43 bits per heavy atom. The van der Waals surface area contributed by atoms with Crippen molar-refractivity contribution in [2.45, 2.75) is 26.1 Å². The SMILES string of the molecule is CSCc1ccc(C(=O)NNC(=O)Cn2nc(C)cc2C)cc1. The first kappa shape index (κ1) is 17.1. The standard InChI is InChI=1S/C16H20N4O2S/c1-11-8-12(2)20(19-11)9-15(21)17-18-16(22)14-6-4-13(5-7-14)10-23-3/h4-8H,9-10H2,1-3H3,(H,17,21)(H,18,22). The van der Waals surface area contributed by atoms with Gasteiger partial charge in [-0.25, -0.2) is 0 Å². The van der Waals surface area contributed by atoms with Crippen LogP contribution >= 0.6 is 11.8 Å². The zero-order chi connectivity index (χ0) is 16.8. The van der Waals surface area contributed by atoms with Gasteiger partial charge in [-0.3, -0.25) is 25.1 Å². The van der Waals surface area contributed by atoms with Crippen LogP contribution in [0.2, 0.25) is 0 Å². The number of rotatable bonds is 5. The van der Waals surface area contributed by atoms with Gasteiger partial charge < -0.3 is 0 Å². The molecule has 0 atom stereocenters. The monoisotopic (exact) mass is 332 g/mol. The summed E-state index contributed by atoms with van der Waals surface area (Å²) in [4.78, 5) is 23.8. The number of hydrogen-bond acceptors (Lipinski definition) is 4. The van der Waals surface area contributed by atoms with E-state index in [2.05, 4.69) is 16.0 Å². The van der Waals surface area contributed by atoms with Crippen molar-refractivity contribution in [3.63, 3.8) is 0 Å². The number of hydrogen-bond donors (Lipinski definition) is 2. The van der Waals surface area contributed by atoms with E-state index in [4.69, 9.17) is 0 Å². The second-order valence-corrected chi connectivity index (χ2v) is 6.08. The topological polar surface area (TPSA) is 76.0 Å². The number of aromatic nitrogens is 2. The minimum atomic E-state index is -0.345. The highest BCUT2D eigenvalue weighted by atomic mass is 32.2. The number of aryl methyl sites for hydroxylation is 2. The normalized spacial score (nSPS) is 10.4.